The summed E-state index contributed by atoms with van der Waals surface area (Å²) in [7, 11) is 0. The van der Waals surface area contributed by atoms with Gasteiger partial charge in [0.15, 0.2) is 0 Å². The maximum absolute atomic E-state index is 9.84. The van der Waals surface area contributed by atoms with Gasteiger partial charge in [0.25, 0.3) is 0 Å². The third-order valence-electron chi connectivity index (χ3n) is 3.13. The van der Waals surface area contributed by atoms with Crippen LogP contribution in [0.25, 0.3) is 0 Å². The molecule has 9 N–H and O–H groups in total. The average Bonchev–Trinajstić information content (AvgIpc) is 2.51. The summed E-state index contributed by atoms with van der Waals surface area (Å²) < 4.78 is 0. The predicted molar refractivity (Wildman–Crippen MR) is 73.7 cm³/mol. The van der Waals surface area contributed by atoms with Crippen LogP contribution in [0.5, 0.6) is 0 Å². The van der Waals surface area contributed by atoms with Crippen molar-refractivity contribution in [3.8, 4) is 0 Å². The van der Waals surface area contributed by atoms with Crippen molar-refractivity contribution in [1.82, 2.24) is 4.90 Å². The fourth-order valence-corrected chi connectivity index (χ4v) is 1.87. The lowest BCUT2D eigenvalue weighted by molar-refractivity contribution is -0.122. The van der Waals surface area contributed by atoms with Gasteiger partial charge in [0.1, 0.15) is 18.3 Å². The zero-order chi connectivity index (χ0) is 17.3. The molecule has 6 atom stereocenters. The van der Waals surface area contributed by atoms with Gasteiger partial charge in [-0.2, -0.15) is 0 Å². The molecule has 0 radical (unpaired) electrons. The van der Waals surface area contributed by atoms with Gasteiger partial charge in [-0.1, -0.05) is 0 Å². The summed E-state index contributed by atoms with van der Waals surface area (Å²) >= 11 is 0. The van der Waals surface area contributed by atoms with Gasteiger partial charge in [-0.05, 0) is 0 Å². The molecule has 0 aromatic heterocycles. The fourth-order valence-electron chi connectivity index (χ4n) is 1.87. The number of aliphatic hydroxyl groups is 9. The van der Waals surface area contributed by atoms with Crippen LogP contribution in [0.3, 0.4) is 0 Å². The number of hydrogen-bond donors (Lipinski definition) is 9. The van der Waals surface area contributed by atoms with E-state index in [0.717, 1.165) is 0 Å². The first kappa shape index (κ1) is 21.6. The van der Waals surface area contributed by atoms with Crippen molar-refractivity contribution in [3.05, 3.63) is 0 Å². The number of aliphatic hydroxyl groups excluding tert-OH is 9. The van der Waals surface area contributed by atoms with Crippen molar-refractivity contribution in [2.24, 2.45) is 0 Å². The lowest BCUT2D eigenvalue weighted by atomic mass is 10.0. The summed E-state index contributed by atoms with van der Waals surface area (Å²) in [4.78, 5) is 1.27. The molecule has 0 aromatic carbocycles. The second-order valence-corrected chi connectivity index (χ2v) is 5.19. The highest BCUT2D eigenvalue weighted by Crippen LogP contribution is 2.08. The van der Waals surface area contributed by atoms with Crippen LogP contribution in [0, 0.1) is 0 Å². The number of nitrogens with zero attached hydrogens (tertiary/aromatic N) is 1. The highest BCUT2D eigenvalue weighted by molar-refractivity contribution is 4.83. The standard InChI is InChI=1S/C12H27NO9/c14-4-7(17)1-13(2-8(18)5-15)3-9(19)11(21)12(22)10(20)6-16/h7-12,14-22H,1-6H2. The predicted octanol–water partition coefficient (Wildman–Crippen LogP) is -5.57. The molecule has 0 rings (SSSR count). The minimum atomic E-state index is -1.78. The van der Waals surface area contributed by atoms with E-state index in [2.05, 4.69) is 0 Å². The molecule has 10 heteroatoms. The monoisotopic (exact) mass is 329 g/mol. The van der Waals surface area contributed by atoms with Gasteiger partial charge in [0, 0.05) is 19.6 Å². The van der Waals surface area contributed by atoms with Crippen molar-refractivity contribution in [2.75, 3.05) is 39.5 Å². The first-order valence-electron chi connectivity index (χ1n) is 6.90. The molecule has 0 heterocycles. The topological polar surface area (TPSA) is 185 Å². The summed E-state index contributed by atoms with van der Waals surface area (Å²) in [6.45, 7) is -2.55. The van der Waals surface area contributed by atoms with Crippen LogP contribution in [0.15, 0.2) is 0 Å². The summed E-state index contributed by atoms with van der Waals surface area (Å²) in [5, 5.41) is 83.4. The van der Waals surface area contributed by atoms with Crippen molar-refractivity contribution >= 4 is 0 Å². The van der Waals surface area contributed by atoms with E-state index in [0.29, 0.717) is 0 Å². The first-order chi connectivity index (χ1) is 10.3. The van der Waals surface area contributed by atoms with Crippen molar-refractivity contribution in [3.63, 3.8) is 0 Å². The quantitative estimate of drug-likeness (QED) is 0.167. The lowest BCUT2D eigenvalue weighted by Gasteiger charge is -2.32. The van der Waals surface area contributed by atoms with E-state index in [1.54, 1.807) is 0 Å². The SMILES string of the molecule is OCC(O)CN(CC(O)CO)CC(O)C(O)C(O)C(O)CO. The Morgan fingerprint density at radius 3 is 1.32 bits per heavy atom. The second kappa shape index (κ2) is 11.2. The zero-order valence-electron chi connectivity index (χ0n) is 12.2. The summed E-state index contributed by atoms with van der Waals surface area (Å²) in [6.07, 6.45) is -9.09. The first-order valence-corrected chi connectivity index (χ1v) is 6.90. The fraction of sp³-hybridized carbons (Fsp3) is 1.00. The van der Waals surface area contributed by atoms with E-state index in [4.69, 9.17) is 15.3 Å². The molecule has 0 bridgehead atoms. The van der Waals surface area contributed by atoms with E-state index in [-0.39, 0.29) is 19.6 Å². The smallest absolute Gasteiger partial charge is 0.111 e. The van der Waals surface area contributed by atoms with Crippen LogP contribution in [0.1, 0.15) is 0 Å². The van der Waals surface area contributed by atoms with Crippen molar-refractivity contribution in [2.45, 2.75) is 36.6 Å². The Labute approximate surface area is 128 Å². The molecule has 0 amide bonds. The van der Waals surface area contributed by atoms with Crippen LogP contribution in [0.2, 0.25) is 0 Å². The number of hydrogen-bond acceptors (Lipinski definition) is 10. The molecule has 0 aliphatic carbocycles. The molecule has 0 fully saturated rings. The molecule has 0 spiro atoms. The largest absolute Gasteiger partial charge is 0.394 e. The second-order valence-electron chi connectivity index (χ2n) is 5.19. The van der Waals surface area contributed by atoms with E-state index in [9.17, 15) is 30.6 Å². The van der Waals surface area contributed by atoms with E-state index in [1.807, 2.05) is 0 Å². The van der Waals surface area contributed by atoms with Crippen LogP contribution in [-0.2, 0) is 0 Å². The van der Waals surface area contributed by atoms with Gasteiger partial charge < -0.3 is 46.0 Å². The summed E-state index contributed by atoms with van der Waals surface area (Å²) in [5.74, 6) is 0. The van der Waals surface area contributed by atoms with E-state index >= 15 is 0 Å². The molecule has 134 valence electrons. The van der Waals surface area contributed by atoms with Gasteiger partial charge in [-0.25, -0.2) is 0 Å². The molecular weight excluding hydrogens is 302 g/mol. The molecule has 0 aliphatic rings. The lowest BCUT2D eigenvalue weighted by Crippen LogP contribution is -2.52. The molecule has 10 nitrogen and oxygen atoms in total. The highest BCUT2D eigenvalue weighted by atomic mass is 16.4. The Morgan fingerprint density at radius 2 is 0.955 bits per heavy atom. The Kier molecular flexibility index (Phi) is 11.0. The molecule has 0 saturated carbocycles. The van der Waals surface area contributed by atoms with Crippen LogP contribution < -0.4 is 0 Å². The Balaban J connectivity index is 4.67. The van der Waals surface area contributed by atoms with Gasteiger partial charge in [0.05, 0.1) is 38.1 Å². The Hall–Kier alpha value is -0.400. The Bertz CT molecular complexity index is 271. The van der Waals surface area contributed by atoms with E-state index in [1.165, 1.54) is 4.90 Å². The maximum atomic E-state index is 9.84. The van der Waals surface area contributed by atoms with Crippen molar-refractivity contribution in [1.29, 1.82) is 0 Å². The van der Waals surface area contributed by atoms with Crippen LogP contribution >= 0.6 is 0 Å². The summed E-state index contributed by atoms with van der Waals surface area (Å²) in [6, 6.07) is 0. The maximum Gasteiger partial charge on any atom is 0.111 e. The molecular formula is C12H27NO9. The minimum absolute atomic E-state index is 0.157. The third-order valence-corrected chi connectivity index (χ3v) is 3.13. The van der Waals surface area contributed by atoms with Gasteiger partial charge >= 0.3 is 0 Å². The van der Waals surface area contributed by atoms with Gasteiger partial charge in [-0.15, -0.1) is 0 Å². The molecule has 0 aliphatic heterocycles. The molecule has 22 heavy (non-hydrogen) atoms. The molecule has 0 saturated heterocycles. The average molecular weight is 329 g/mol. The normalized spacial score (nSPS) is 20.5. The Morgan fingerprint density at radius 1 is 0.545 bits per heavy atom. The summed E-state index contributed by atoms with van der Waals surface area (Å²) in [5.41, 5.74) is 0. The van der Waals surface area contributed by atoms with E-state index < -0.39 is 56.4 Å². The van der Waals surface area contributed by atoms with Gasteiger partial charge in [-0.3, -0.25) is 4.90 Å². The third kappa shape index (κ3) is 7.74. The highest BCUT2D eigenvalue weighted by Gasteiger charge is 2.31. The number of rotatable bonds is 12. The van der Waals surface area contributed by atoms with Crippen molar-refractivity contribution < 1.29 is 46.0 Å². The van der Waals surface area contributed by atoms with Crippen LogP contribution in [0.4, 0.5) is 0 Å². The van der Waals surface area contributed by atoms with Crippen LogP contribution in [-0.4, -0.2) is 127 Å². The van der Waals surface area contributed by atoms with Gasteiger partial charge in [0.2, 0.25) is 0 Å². The zero-order valence-corrected chi connectivity index (χ0v) is 12.2. The molecule has 6 unspecified atom stereocenters. The minimum Gasteiger partial charge on any atom is -0.394 e. The molecule has 0 aromatic rings.